The van der Waals surface area contributed by atoms with E-state index in [1.54, 1.807) is 0 Å². The first-order valence-electron chi connectivity index (χ1n) is 7.00. The van der Waals surface area contributed by atoms with Crippen molar-refractivity contribution < 1.29 is 9.47 Å². The summed E-state index contributed by atoms with van der Waals surface area (Å²) < 4.78 is 13.0. The summed E-state index contributed by atoms with van der Waals surface area (Å²) in [4.78, 5) is 0. The minimum atomic E-state index is -0.502. The molecule has 0 bridgehead atoms. The summed E-state index contributed by atoms with van der Waals surface area (Å²) in [6.45, 7) is 0. The second-order valence-electron chi connectivity index (χ2n) is 4.75. The number of halogens is 1. The van der Waals surface area contributed by atoms with Crippen molar-refractivity contribution in [1.29, 1.82) is 0 Å². The highest BCUT2D eigenvalue weighted by Crippen LogP contribution is 2.26. The number of hydrogen-bond donors (Lipinski definition) is 0. The van der Waals surface area contributed by atoms with Crippen molar-refractivity contribution in [3.63, 3.8) is 0 Å². The lowest BCUT2D eigenvalue weighted by Crippen LogP contribution is -2.14. The van der Waals surface area contributed by atoms with Gasteiger partial charge in [-0.25, -0.2) is 0 Å². The van der Waals surface area contributed by atoms with Crippen LogP contribution in [0.15, 0.2) is 89.4 Å². The fraction of sp³-hybridized carbons (Fsp3) is 0.0526. The predicted octanol–water partition coefficient (Wildman–Crippen LogP) is 5.61. The molecule has 0 N–H and O–H groups in total. The van der Waals surface area contributed by atoms with Crippen LogP contribution >= 0.6 is 15.9 Å². The Bertz CT molecular complexity index is 655. The Hall–Kier alpha value is -2.26. The molecule has 0 aliphatic rings. The third-order valence-corrected chi connectivity index (χ3v) is 3.64. The number of ether oxygens (including phenoxy) is 2. The molecule has 3 aromatic rings. The van der Waals surface area contributed by atoms with Crippen molar-refractivity contribution >= 4 is 15.9 Å². The Balaban J connectivity index is 1.86. The third-order valence-electron chi connectivity index (χ3n) is 3.11. The van der Waals surface area contributed by atoms with E-state index in [1.807, 2.05) is 84.9 Å². The van der Waals surface area contributed by atoms with Gasteiger partial charge in [0.1, 0.15) is 11.5 Å². The largest absolute Gasteiger partial charge is 0.451 e. The Morgan fingerprint density at radius 1 is 0.591 bits per heavy atom. The zero-order valence-corrected chi connectivity index (χ0v) is 13.4. The Kier molecular flexibility index (Phi) is 4.76. The maximum absolute atomic E-state index is 6.01. The molecule has 0 heterocycles. The van der Waals surface area contributed by atoms with Crippen molar-refractivity contribution in [3.05, 3.63) is 95.0 Å². The zero-order valence-electron chi connectivity index (χ0n) is 11.9. The summed E-state index contributed by atoms with van der Waals surface area (Å²) in [6, 6.07) is 27.3. The molecule has 3 heteroatoms. The molecule has 22 heavy (non-hydrogen) atoms. The zero-order chi connectivity index (χ0) is 15.2. The molecule has 3 rings (SSSR count). The minimum Gasteiger partial charge on any atom is -0.451 e. The molecular weight excluding hydrogens is 340 g/mol. The Morgan fingerprint density at radius 2 is 1.05 bits per heavy atom. The second kappa shape index (κ2) is 7.14. The highest BCUT2D eigenvalue weighted by molar-refractivity contribution is 9.10. The molecule has 0 atom stereocenters. The molecule has 0 aliphatic carbocycles. The lowest BCUT2D eigenvalue weighted by atomic mass is 10.2. The summed E-state index contributed by atoms with van der Waals surface area (Å²) in [5.41, 5.74) is 0.955. The van der Waals surface area contributed by atoms with Gasteiger partial charge in [-0.05, 0) is 36.4 Å². The van der Waals surface area contributed by atoms with Crippen LogP contribution in [0.5, 0.6) is 11.5 Å². The molecule has 0 saturated carbocycles. The topological polar surface area (TPSA) is 18.5 Å². The molecule has 0 unspecified atom stereocenters. The van der Waals surface area contributed by atoms with Crippen LogP contribution in [0.4, 0.5) is 0 Å². The van der Waals surface area contributed by atoms with E-state index >= 15 is 0 Å². The first kappa shape index (κ1) is 14.7. The number of para-hydroxylation sites is 2. The van der Waals surface area contributed by atoms with Crippen molar-refractivity contribution in [2.45, 2.75) is 6.29 Å². The quantitative estimate of drug-likeness (QED) is 0.554. The monoisotopic (exact) mass is 354 g/mol. The van der Waals surface area contributed by atoms with E-state index in [9.17, 15) is 0 Å². The third kappa shape index (κ3) is 3.89. The van der Waals surface area contributed by atoms with Crippen LogP contribution in [0.2, 0.25) is 0 Å². The molecule has 0 saturated heterocycles. The smallest absolute Gasteiger partial charge is 0.267 e. The van der Waals surface area contributed by atoms with Crippen LogP contribution in [-0.2, 0) is 0 Å². The Labute approximate surface area is 138 Å². The lowest BCUT2D eigenvalue weighted by molar-refractivity contribution is 0.00381. The van der Waals surface area contributed by atoms with Gasteiger partial charge in [0.15, 0.2) is 0 Å². The second-order valence-corrected chi connectivity index (χ2v) is 5.66. The van der Waals surface area contributed by atoms with Crippen LogP contribution < -0.4 is 9.47 Å². The van der Waals surface area contributed by atoms with Gasteiger partial charge in [0.2, 0.25) is 0 Å². The van der Waals surface area contributed by atoms with Crippen LogP contribution in [0.25, 0.3) is 0 Å². The van der Waals surface area contributed by atoms with Crippen LogP contribution in [0.1, 0.15) is 11.9 Å². The summed E-state index contributed by atoms with van der Waals surface area (Å²) in [5, 5.41) is 0. The lowest BCUT2D eigenvalue weighted by Gasteiger charge is -2.21. The maximum atomic E-state index is 6.01. The molecule has 110 valence electrons. The van der Waals surface area contributed by atoms with E-state index in [-0.39, 0.29) is 0 Å². The molecular formula is C19H15BrO2. The van der Waals surface area contributed by atoms with Crippen LogP contribution in [0.3, 0.4) is 0 Å². The number of hydrogen-bond acceptors (Lipinski definition) is 2. The summed E-state index contributed by atoms with van der Waals surface area (Å²) in [7, 11) is 0. The number of benzene rings is 3. The molecule has 3 aromatic carbocycles. The average Bonchev–Trinajstić information content (AvgIpc) is 2.57. The summed E-state index contributed by atoms with van der Waals surface area (Å²) in [6.07, 6.45) is -0.502. The molecule has 0 amide bonds. The highest BCUT2D eigenvalue weighted by Gasteiger charge is 2.15. The van der Waals surface area contributed by atoms with Crippen LogP contribution in [-0.4, -0.2) is 0 Å². The van der Waals surface area contributed by atoms with E-state index in [1.165, 1.54) is 0 Å². The molecule has 0 spiro atoms. The van der Waals surface area contributed by atoms with Gasteiger partial charge in [0.05, 0.1) is 0 Å². The van der Waals surface area contributed by atoms with Gasteiger partial charge in [-0.2, -0.15) is 0 Å². The van der Waals surface area contributed by atoms with Gasteiger partial charge in [-0.15, -0.1) is 0 Å². The fourth-order valence-corrected chi connectivity index (χ4v) is 2.29. The first-order chi connectivity index (χ1) is 10.8. The normalized spacial score (nSPS) is 10.5. The molecule has 0 radical (unpaired) electrons. The van der Waals surface area contributed by atoms with Crippen molar-refractivity contribution in [1.82, 2.24) is 0 Å². The fourth-order valence-electron chi connectivity index (χ4n) is 2.03. The van der Waals surface area contributed by atoms with Gasteiger partial charge in [0, 0.05) is 10.0 Å². The molecule has 0 aliphatic heterocycles. The van der Waals surface area contributed by atoms with E-state index < -0.39 is 6.29 Å². The Morgan fingerprint density at radius 3 is 1.50 bits per heavy atom. The highest BCUT2D eigenvalue weighted by atomic mass is 79.9. The predicted molar refractivity (Wildman–Crippen MR) is 91.0 cm³/mol. The van der Waals surface area contributed by atoms with Crippen molar-refractivity contribution in [2.24, 2.45) is 0 Å². The van der Waals surface area contributed by atoms with Crippen molar-refractivity contribution in [2.75, 3.05) is 0 Å². The summed E-state index contributed by atoms with van der Waals surface area (Å²) >= 11 is 3.45. The first-order valence-corrected chi connectivity index (χ1v) is 7.79. The SMILES string of the molecule is Brc1ccc(C(Oc2ccccc2)Oc2ccccc2)cc1. The van der Waals surface area contributed by atoms with E-state index in [0.717, 1.165) is 21.5 Å². The number of rotatable bonds is 5. The van der Waals surface area contributed by atoms with E-state index in [0.29, 0.717) is 0 Å². The van der Waals surface area contributed by atoms with Crippen LogP contribution in [0, 0.1) is 0 Å². The molecule has 0 fully saturated rings. The maximum Gasteiger partial charge on any atom is 0.267 e. The van der Waals surface area contributed by atoms with Gasteiger partial charge < -0.3 is 9.47 Å². The standard InChI is InChI=1S/C19H15BrO2/c20-16-13-11-15(12-14-16)19(21-17-7-3-1-4-8-17)22-18-9-5-2-6-10-18/h1-14,19H. The molecule has 0 aromatic heterocycles. The average molecular weight is 355 g/mol. The molecule has 2 nitrogen and oxygen atoms in total. The minimum absolute atomic E-state index is 0.502. The van der Waals surface area contributed by atoms with Gasteiger partial charge >= 0.3 is 0 Å². The van der Waals surface area contributed by atoms with Gasteiger partial charge in [-0.1, -0.05) is 64.5 Å². The van der Waals surface area contributed by atoms with E-state index in [2.05, 4.69) is 15.9 Å². The van der Waals surface area contributed by atoms with Gasteiger partial charge in [0.25, 0.3) is 6.29 Å². The van der Waals surface area contributed by atoms with Gasteiger partial charge in [-0.3, -0.25) is 0 Å². The van der Waals surface area contributed by atoms with E-state index in [4.69, 9.17) is 9.47 Å². The summed E-state index contributed by atoms with van der Waals surface area (Å²) in [5.74, 6) is 1.54. The van der Waals surface area contributed by atoms with Crippen molar-refractivity contribution in [3.8, 4) is 11.5 Å².